The van der Waals surface area contributed by atoms with Crippen molar-refractivity contribution in [2.45, 2.75) is 6.92 Å². The number of anilines is 1. The SMILES string of the molecule is Cc1cc(C#N)ccc1NC(=O)C(N)=O. The summed E-state index contributed by atoms with van der Waals surface area (Å²) in [5, 5.41) is 10.9. The van der Waals surface area contributed by atoms with Gasteiger partial charge in [-0.2, -0.15) is 5.26 Å². The summed E-state index contributed by atoms with van der Waals surface area (Å²) in [7, 11) is 0. The zero-order valence-corrected chi connectivity index (χ0v) is 8.07. The maximum absolute atomic E-state index is 11.0. The number of nitrogens with zero attached hydrogens (tertiary/aromatic N) is 1. The Morgan fingerprint density at radius 3 is 2.60 bits per heavy atom. The third-order valence-electron chi connectivity index (χ3n) is 1.83. The minimum atomic E-state index is -1.04. The molecule has 0 spiro atoms. The van der Waals surface area contributed by atoms with E-state index in [2.05, 4.69) is 5.32 Å². The Kier molecular flexibility index (Phi) is 3.03. The van der Waals surface area contributed by atoms with Crippen molar-refractivity contribution in [3.05, 3.63) is 29.3 Å². The van der Waals surface area contributed by atoms with E-state index in [0.29, 0.717) is 16.8 Å². The van der Waals surface area contributed by atoms with Crippen LogP contribution in [0, 0.1) is 18.3 Å². The molecule has 0 atom stereocenters. The van der Waals surface area contributed by atoms with Gasteiger partial charge < -0.3 is 11.1 Å². The smallest absolute Gasteiger partial charge is 0.313 e. The van der Waals surface area contributed by atoms with Crippen molar-refractivity contribution in [3.8, 4) is 6.07 Å². The van der Waals surface area contributed by atoms with Crippen molar-refractivity contribution in [2.24, 2.45) is 5.73 Å². The molecule has 0 fully saturated rings. The first-order valence-corrected chi connectivity index (χ1v) is 4.16. The Bertz CT molecular complexity index is 460. The number of nitriles is 1. The number of hydrogen-bond acceptors (Lipinski definition) is 3. The van der Waals surface area contributed by atoms with Crippen molar-refractivity contribution >= 4 is 17.5 Å². The number of carbonyl (C=O) groups is 2. The van der Waals surface area contributed by atoms with E-state index in [9.17, 15) is 9.59 Å². The molecular formula is C10H9N3O2. The number of aryl methyl sites for hydroxylation is 1. The minimum absolute atomic E-state index is 0.470. The van der Waals surface area contributed by atoms with Crippen molar-refractivity contribution in [1.29, 1.82) is 5.26 Å². The quantitative estimate of drug-likeness (QED) is 0.642. The fraction of sp³-hybridized carbons (Fsp3) is 0.100. The number of nitrogens with two attached hydrogens (primary N) is 1. The molecule has 1 rings (SSSR count). The van der Waals surface area contributed by atoms with E-state index in [4.69, 9.17) is 11.0 Å². The lowest BCUT2D eigenvalue weighted by Gasteiger charge is -2.06. The van der Waals surface area contributed by atoms with Crippen molar-refractivity contribution in [2.75, 3.05) is 5.32 Å². The standard InChI is InChI=1S/C10H9N3O2/c1-6-4-7(5-11)2-3-8(6)13-10(15)9(12)14/h2-4H,1H3,(H2,12,14)(H,13,15). The third-order valence-corrected chi connectivity index (χ3v) is 1.83. The first-order chi connectivity index (χ1) is 7.04. The molecule has 0 saturated carbocycles. The Labute approximate surface area is 86.5 Å². The van der Waals surface area contributed by atoms with Crippen molar-refractivity contribution in [3.63, 3.8) is 0 Å². The van der Waals surface area contributed by atoms with Crippen LogP contribution in [0.2, 0.25) is 0 Å². The second kappa shape index (κ2) is 4.24. The molecule has 0 bridgehead atoms. The Morgan fingerprint density at radius 1 is 1.47 bits per heavy atom. The molecule has 5 heteroatoms. The van der Waals surface area contributed by atoms with Crippen LogP contribution in [0.25, 0.3) is 0 Å². The lowest BCUT2D eigenvalue weighted by atomic mass is 10.1. The highest BCUT2D eigenvalue weighted by molar-refractivity contribution is 6.39. The van der Waals surface area contributed by atoms with Gasteiger partial charge in [0.15, 0.2) is 0 Å². The topological polar surface area (TPSA) is 96.0 Å². The molecule has 1 aromatic rings. The molecule has 0 saturated heterocycles. The van der Waals surface area contributed by atoms with Gasteiger partial charge in [0.05, 0.1) is 11.6 Å². The highest BCUT2D eigenvalue weighted by Crippen LogP contribution is 2.15. The molecule has 0 aliphatic carbocycles. The molecular weight excluding hydrogens is 194 g/mol. The first kappa shape index (κ1) is 10.7. The van der Waals surface area contributed by atoms with Crippen LogP contribution in [-0.4, -0.2) is 11.8 Å². The van der Waals surface area contributed by atoms with E-state index in [1.807, 2.05) is 6.07 Å². The first-order valence-electron chi connectivity index (χ1n) is 4.16. The lowest BCUT2D eigenvalue weighted by molar-refractivity contribution is -0.134. The van der Waals surface area contributed by atoms with Crippen LogP contribution in [0.3, 0.4) is 0 Å². The number of benzene rings is 1. The van der Waals surface area contributed by atoms with E-state index in [0.717, 1.165) is 0 Å². The monoisotopic (exact) mass is 203 g/mol. The summed E-state index contributed by atoms with van der Waals surface area (Å²) in [6, 6.07) is 6.67. The second-order valence-electron chi connectivity index (χ2n) is 2.96. The molecule has 76 valence electrons. The highest BCUT2D eigenvalue weighted by Gasteiger charge is 2.10. The van der Waals surface area contributed by atoms with Crippen molar-refractivity contribution < 1.29 is 9.59 Å². The van der Waals surface area contributed by atoms with Gasteiger partial charge in [0.2, 0.25) is 0 Å². The molecule has 0 heterocycles. The predicted octanol–water partition coefficient (Wildman–Crippen LogP) is 0.290. The summed E-state index contributed by atoms with van der Waals surface area (Å²) in [4.78, 5) is 21.5. The average molecular weight is 203 g/mol. The van der Waals surface area contributed by atoms with E-state index in [1.165, 1.54) is 0 Å². The van der Waals surface area contributed by atoms with Gasteiger partial charge >= 0.3 is 11.8 Å². The molecule has 15 heavy (non-hydrogen) atoms. The molecule has 2 amide bonds. The molecule has 5 nitrogen and oxygen atoms in total. The van der Waals surface area contributed by atoms with Gasteiger partial charge in [0, 0.05) is 5.69 Å². The van der Waals surface area contributed by atoms with Gasteiger partial charge in [-0.25, -0.2) is 0 Å². The minimum Gasteiger partial charge on any atom is -0.361 e. The summed E-state index contributed by atoms with van der Waals surface area (Å²) < 4.78 is 0. The van der Waals surface area contributed by atoms with E-state index < -0.39 is 11.8 Å². The Hall–Kier alpha value is -2.35. The fourth-order valence-corrected chi connectivity index (χ4v) is 1.06. The zero-order valence-electron chi connectivity index (χ0n) is 8.07. The summed E-state index contributed by atoms with van der Waals surface area (Å²) >= 11 is 0. The summed E-state index contributed by atoms with van der Waals surface area (Å²) in [5.74, 6) is -1.92. The molecule has 0 aliphatic rings. The van der Waals surface area contributed by atoms with Crippen LogP contribution in [0.1, 0.15) is 11.1 Å². The number of primary amides is 1. The molecule has 1 aromatic carbocycles. The van der Waals surface area contributed by atoms with Crippen LogP contribution in [-0.2, 0) is 9.59 Å². The van der Waals surface area contributed by atoms with Gasteiger partial charge in [-0.1, -0.05) is 0 Å². The normalized spacial score (nSPS) is 9.07. The largest absolute Gasteiger partial charge is 0.361 e. The number of amides is 2. The maximum atomic E-state index is 11.0. The summed E-state index contributed by atoms with van der Waals surface area (Å²) in [6.07, 6.45) is 0. The summed E-state index contributed by atoms with van der Waals surface area (Å²) in [6.45, 7) is 1.72. The molecule has 0 radical (unpaired) electrons. The van der Waals surface area contributed by atoms with Crippen molar-refractivity contribution in [1.82, 2.24) is 0 Å². The number of rotatable bonds is 1. The molecule has 0 aliphatic heterocycles. The summed E-state index contributed by atoms with van der Waals surface area (Å²) in [5.41, 5.74) is 6.44. The second-order valence-corrected chi connectivity index (χ2v) is 2.96. The third kappa shape index (κ3) is 2.54. The molecule has 3 N–H and O–H groups in total. The zero-order chi connectivity index (χ0) is 11.4. The van der Waals surface area contributed by atoms with E-state index in [-0.39, 0.29) is 0 Å². The van der Waals surface area contributed by atoms with Crippen LogP contribution in [0.4, 0.5) is 5.69 Å². The Morgan fingerprint density at radius 2 is 2.13 bits per heavy atom. The lowest BCUT2D eigenvalue weighted by Crippen LogP contribution is -2.29. The molecule has 0 aromatic heterocycles. The maximum Gasteiger partial charge on any atom is 0.313 e. The van der Waals surface area contributed by atoms with Crippen LogP contribution in [0.5, 0.6) is 0 Å². The van der Waals surface area contributed by atoms with Crippen LogP contribution in [0.15, 0.2) is 18.2 Å². The van der Waals surface area contributed by atoms with E-state index >= 15 is 0 Å². The highest BCUT2D eigenvalue weighted by atomic mass is 16.2. The number of hydrogen-bond donors (Lipinski definition) is 2. The fourth-order valence-electron chi connectivity index (χ4n) is 1.06. The predicted molar refractivity (Wildman–Crippen MR) is 53.7 cm³/mol. The van der Waals surface area contributed by atoms with Gasteiger partial charge in [-0.3, -0.25) is 9.59 Å². The number of carbonyl (C=O) groups excluding carboxylic acids is 2. The van der Waals surface area contributed by atoms with Gasteiger partial charge in [-0.15, -0.1) is 0 Å². The molecule has 0 unspecified atom stereocenters. The van der Waals surface area contributed by atoms with Crippen LogP contribution < -0.4 is 11.1 Å². The Balaban J connectivity index is 2.93. The van der Waals surface area contributed by atoms with Gasteiger partial charge in [0.1, 0.15) is 0 Å². The number of nitrogens with one attached hydrogen (secondary N) is 1. The van der Waals surface area contributed by atoms with Gasteiger partial charge in [-0.05, 0) is 30.7 Å². The van der Waals surface area contributed by atoms with Crippen LogP contribution >= 0.6 is 0 Å². The van der Waals surface area contributed by atoms with E-state index in [1.54, 1.807) is 25.1 Å². The van der Waals surface area contributed by atoms with Gasteiger partial charge in [0.25, 0.3) is 0 Å². The average Bonchev–Trinajstić information content (AvgIpc) is 2.20.